The van der Waals surface area contributed by atoms with Crippen molar-refractivity contribution in [1.29, 1.82) is 0 Å². The van der Waals surface area contributed by atoms with Crippen LogP contribution >= 0.6 is 0 Å². The average molecular weight is 472 g/mol. The topological polar surface area (TPSA) is 68.3 Å². The van der Waals surface area contributed by atoms with Crippen LogP contribution in [0.5, 0.6) is 11.5 Å². The van der Waals surface area contributed by atoms with Gasteiger partial charge >= 0.3 is 12.7 Å². The van der Waals surface area contributed by atoms with E-state index in [1.165, 1.54) is 30.3 Å². The average Bonchev–Trinajstić information content (AvgIpc) is 2.68. The van der Waals surface area contributed by atoms with Crippen molar-refractivity contribution in [3.05, 3.63) is 54.1 Å². The van der Waals surface area contributed by atoms with Crippen LogP contribution in [0.25, 0.3) is 11.3 Å². The minimum atomic E-state index is -4.84. The molecular formula is C21H18F6N4O2. The first-order valence-electron chi connectivity index (χ1n) is 9.54. The third kappa shape index (κ3) is 7.16. The van der Waals surface area contributed by atoms with Gasteiger partial charge in [-0.2, -0.15) is 4.98 Å². The van der Waals surface area contributed by atoms with E-state index in [4.69, 9.17) is 0 Å². The smallest absolute Gasteiger partial charge is 0.406 e. The largest absolute Gasteiger partial charge is 0.573 e. The summed E-state index contributed by atoms with van der Waals surface area (Å²) in [7, 11) is 0. The summed E-state index contributed by atoms with van der Waals surface area (Å²) >= 11 is 0. The number of alkyl halides is 6. The highest BCUT2D eigenvalue weighted by Crippen LogP contribution is 2.31. The molecular weight excluding hydrogens is 454 g/mol. The first kappa shape index (κ1) is 24.0. The maximum Gasteiger partial charge on any atom is 0.573 e. The highest BCUT2D eigenvalue weighted by atomic mass is 19.4. The standard InChI is InChI=1S/C21H18F6N4O2/c1-3-28-19-30-17(13-5-4-6-14(10-13)32-20(22,23)24)11-18(31-19)29-16-8-7-15(9-12(16)2)33-21(25,26)27/h4-11H,3H2,1-2H3,(H2,28,29,30,31). The molecule has 0 aliphatic heterocycles. The van der Waals surface area contributed by atoms with Crippen molar-refractivity contribution in [3.8, 4) is 22.8 Å². The molecule has 0 amide bonds. The Balaban J connectivity index is 1.92. The Labute approximate surface area is 184 Å². The Hall–Kier alpha value is -3.70. The fourth-order valence-electron chi connectivity index (χ4n) is 2.86. The number of benzene rings is 2. The number of halogens is 6. The number of ether oxygens (including phenoxy) is 2. The predicted octanol–water partition coefficient (Wildman–Crippen LogP) is 6.42. The Bertz CT molecular complexity index is 1120. The summed E-state index contributed by atoms with van der Waals surface area (Å²) in [6, 6.07) is 10.5. The number of aryl methyl sites for hydroxylation is 1. The first-order valence-corrected chi connectivity index (χ1v) is 9.54. The Morgan fingerprint density at radius 2 is 1.52 bits per heavy atom. The van der Waals surface area contributed by atoms with E-state index in [-0.39, 0.29) is 17.5 Å². The van der Waals surface area contributed by atoms with Gasteiger partial charge in [-0.05, 0) is 49.7 Å². The van der Waals surface area contributed by atoms with Gasteiger partial charge in [0, 0.05) is 23.9 Å². The number of nitrogens with one attached hydrogen (secondary N) is 2. The van der Waals surface area contributed by atoms with Gasteiger partial charge in [-0.3, -0.25) is 0 Å². The highest BCUT2D eigenvalue weighted by molar-refractivity contribution is 5.69. The van der Waals surface area contributed by atoms with Crippen molar-refractivity contribution >= 4 is 17.5 Å². The van der Waals surface area contributed by atoms with Crippen LogP contribution in [-0.4, -0.2) is 29.2 Å². The van der Waals surface area contributed by atoms with Crippen LogP contribution in [0.1, 0.15) is 12.5 Å². The molecule has 0 fully saturated rings. The lowest BCUT2D eigenvalue weighted by Crippen LogP contribution is -2.17. The molecule has 6 nitrogen and oxygen atoms in total. The van der Waals surface area contributed by atoms with E-state index in [9.17, 15) is 26.3 Å². The van der Waals surface area contributed by atoms with E-state index >= 15 is 0 Å². The summed E-state index contributed by atoms with van der Waals surface area (Å²) < 4.78 is 82.8. The molecule has 12 heteroatoms. The number of rotatable bonds is 7. The molecule has 0 aliphatic carbocycles. The van der Waals surface area contributed by atoms with Crippen molar-refractivity contribution < 1.29 is 35.8 Å². The van der Waals surface area contributed by atoms with Crippen LogP contribution in [0.3, 0.4) is 0 Å². The molecule has 3 aromatic rings. The first-order chi connectivity index (χ1) is 15.4. The van der Waals surface area contributed by atoms with E-state index in [0.29, 0.717) is 29.1 Å². The van der Waals surface area contributed by atoms with Gasteiger partial charge in [0.15, 0.2) is 0 Å². The molecule has 33 heavy (non-hydrogen) atoms. The van der Waals surface area contributed by atoms with E-state index < -0.39 is 18.5 Å². The van der Waals surface area contributed by atoms with Gasteiger partial charge in [-0.15, -0.1) is 26.3 Å². The van der Waals surface area contributed by atoms with Crippen LogP contribution in [0.2, 0.25) is 0 Å². The lowest BCUT2D eigenvalue weighted by molar-refractivity contribution is -0.275. The van der Waals surface area contributed by atoms with Gasteiger partial charge in [-0.1, -0.05) is 12.1 Å². The highest BCUT2D eigenvalue weighted by Gasteiger charge is 2.32. The maximum absolute atomic E-state index is 12.6. The number of hydrogen-bond donors (Lipinski definition) is 2. The molecule has 2 aromatic carbocycles. The molecule has 0 radical (unpaired) electrons. The summed E-state index contributed by atoms with van der Waals surface area (Å²) in [5.41, 5.74) is 1.53. The van der Waals surface area contributed by atoms with Crippen LogP contribution in [0, 0.1) is 6.92 Å². The van der Waals surface area contributed by atoms with Crippen molar-refractivity contribution in [1.82, 2.24) is 9.97 Å². The molecule has 0 saturated heterocycles. The molecule has 0 saturated carbocycles. The second-order valence-electron chi connectivity index (χ2n) is 6.72. The lowest BCUT2D eigenvalue weighted by Gasteiger charge is -2.15. The zero-order valence-corrected chi connectivity index (χ0v) is 17.3. The molecule has 0 bridgehead atoms. The Morgan fingerprint density at radius 1 is 0.848 bits per heavy atom. The zero-order chi connectivity index (χ0) is 24.2. The van der Waals surface area contributed by atoms with Crippen molar-refractivity contribution in [2.75, 3.05) is 17.2 Å². The maximum atomic E-state index is 12.6. The van der Waals surface area contributed by atoms with Gasteiger partial charge in [0.1, 0.15) is 17.3 Å². The van der Waals surface area contributed by atoms with E-state index in [2.05, 4.69) is 30.1 Å². The second kappa shape index (κ2) is 9.43. The van der Waals surface area contributed by atoms with Gasteiger partial charge in [0.25, 0.3) is 0 Å². The minimum absolute atomic E-state index is 0.203. The monoisotopic (exact) mass is 472 g/mol. The number of anilines is 3. The third-order valence-corrected chi connectivity index (χ3v) is 4.12. The lowest BCUT2D eigenvalue weighted by atomic mass is 10.1. The second-order valence-corrected chi connectivity index (χ2v) is 6.72. The molecule has 0 spiro atoms. The summed E-state index contributed by atoms with van der Waals surface area (Å²) in [6.07, 6.45) is -9.65. The number of nitrogens with zero attached hydrogens (tertiary/aromatic N) is 2. The molecule has 0 atom stereocenters. The van der Waals surface area contributed by atoms with Crippen LogP contribution in [-0.2, 0) is 0 Å². The van der Waals surface area contributed by atoms with Gasteiger partial charge < -0.3 is 20.1 Å². The molecule has 1 aromatic heterocycles. The fourth-order valence-corrected chi connectivity index (χ4v) is 2.86. The SMILES string of the molecule is CCNc1nc(Nc2ccc(OC(F)(F)F)cc2C)cc(-c2cccc(OC(F)(F)F)c2)n1. The molecule has 2 N–H and O–H groups in total. The molecule has 176 valence electrons. The zero-order valence-electron chi connectivity index (χ0n) is 17.3. The van der Waals surface area contributed by atoms with Crippen LogP contribution < -0.4 is 20.1 Å². The van der Waals surface area contributed by atoms with E-state index in [1.807, 2.05) is 6.92 Å². The summed E-state index contributed by atoms with van der Waals surface area (Å²) in [5.74, 6) is -0.307. The summed E-state index contributed by atoms with van der Waals surface area (Å²) in [6.45, 7) is 3.86. The Morgan fingerprint density at radius 3 is 2.12 bits per heavy atom. The number of hydrogen-bond acceptors (Lipinski definition) is 6. The minimum Gasteiger partial charge on any atom is -0.406 e. The van der Waals surface area contributed by atoms with Gasteiger partial charge in [0.05, 0.1) is 5.69 Å². The van der Waals surface area contributed by atoms with E-state index in [1.54, 1.807) is 13.0 Å². The summed E-state index contributed by atoms with van der Waals surface area (Å²) in [4.78, 5) is 8.60. The predicted molar refractivity (Wildman–Crippen MR) is 109 cm³/mol. The van der Waals surface area contributed by atoms with Crippen LogP contribution in [0.4, 0.5) is 43.8 Å². The molecule has 1 heterocycles. The normalized spacial score (nSPS) is 11.8. The molecule has 0 unspecified atom stereocenters. The van der Waals surface area contributed by atoms with Crippen molar-refractivity contribution in [2.45, 2.75) is 26.6 Å². The number of aromatic nitrogens is 2. The van der Waals surface area contributed by atoms with Crippen LogP contribution in [0.15, 0.2) is 48.5 Å². The quantitative estimate of drug-likeness (QED) is 0.387. The van der Waals surface area contributed by atoms with Gasteiger partial charge in [-0.25, -0.2) is 4.98 Å². The third-order valence-electron chi connectivity index (χ3n) is 4.12. The molecule has 0 aliphatic rings. The van der Waals surface area contributed by atoms with Crippen molar-refractivity contribution in [2.24, 2.45) is 0 Å². The van der Waals surface area contributed by atoms with Crippen molar-refractivity contribution in [3.63, 3.8) is 0 Å². The van der Waals surface area contributed by atoms with E-state index in [0.717, 1.165) is 12.1 Å². The van der Waals surface area contributed by atoms with Gasteiger partial charge in [0.2, 0.25) is 5.95 Å². The molecule has 3 rings (SSSR count). The fraction of sp³-hybridized carbons (Fsp3) is 0.238. The summed E-state index contributed by atoms with van der Waals surface area (Å²) in [5, 5.41) is 5.91. The Kier molecular flexibility index (Phi) is 6.84.